The molecule has 2 heterocycles. The molecule has 1 aromatic heterocycles. The topological polar surface area (TPSA) is 46.3 Å². The van der Waals surface area contributed by atoms with Gasteiger partial charge in [-0.25, -0.2) is 0 Å². The van der Waals surface area contributed by atoms with E-state index in [4.69, 9.17) is 27.7 Å². The fourth-order valence-corrected chi connectivity index (χ4v) is 5.13. The average molecular weight is 477 g/mol. The molecule has 0 N–H and O–H groups in total. The third-order valence-electron chi connectivity index (χ3n) is 6.21. The van der Waals surface area contributed by atoms with E-state index < -0.39 is 0 Å². The van der Waals surface area contributed by atoms with Gasteiger partial charge in [-0.1, -0.05) is 88.5 Å². The van der Waals surface area contributed by atoms with Crippen LogP contribution in [0.15, 0.2) is 71.3 Å². The molecule has 166 valence electrons. The van der Waals surface area contributed by atoms with Crippen molar-refractivity contribution in [3.63, 3.8) is 0 Å². The van der Waals surface area contributed by atoms with Crippen molar-refractivity contribution in [1.29, 1.82) is 0 Å². The number of carbonyl (C=O) groups is 1. The van der Waals surface area contributed by atoms with Gasteiger partial charge in [-0.3, -0.25) is 4.79 Å². The van der Waals surface area contributed by atoms with Gasteiger partial charge in [-0.05, 0) is 49.1 Å². The minimum atomic E-state index is -0.216. The first-order valence-corrected chi connectivity index (χ1v) is 11.6. The lowest BCUT2D eigenvalue weighted by atomic mass is 9.87. The van der Waals surface area contributed by atoms with Gasteiger partial charge in [-0.2, -0.15) is 0 Å². The van der Waals surface area contributed by atoms with Crippen LogP contribution in [0, 0.1) is 13.8 Å². The van der Waals surface area contributed by atoms with E-state index in [1.807, 2.05) is 17.0 Å². The summed E-state index contributed by atoms with van der Waals surface area (Å²) in [6.45, 7) is 4.38. The zero-order valence-corrected chi connectivity index (χ0v) is 19.8. The van der Waals surface area contributed by atoms with Crippen molar-refractivity contribution in [1.82, 2.24) is 10.1 Å². The molecule has 0 radical (unpaired) electrons. The molecule has 0 aliphatic carbocycles. The van der Waals surface area contributed by atoms with Gasteiger partial charge in [0.15, 0.2) is 0 Å². The van der Waals surface area contributed by atoms with E-state index in [0.29, 0.717) is 39.2 Å². The average Bonchev–Trinajstić information content (AvgIpc) is 3.19. The summed E-state index contributed by atoms with van der Waals surface area (Å²) >= 11 is 12.9. The summed E-state index contributed by atoms with van der Waals surface area (Å²) in [5.74, 6) is 0.285. The molecular formula is C27H22Cl2N2O2. The fourth-order valence-electron chi connectivity index (χ4n) is 4.56. The maximum absolute atomic E-state index is 14.1. The maximum Gasteiger partial charge on any atom is 0.260 e. The minimum absolute atomic E-state index is 0.153. The van der Waals surface area contributed by atoms with E-state index in [1.54, 1.807) is 25.1 Å². The van der Waals surface area contributed by atoms with Crippen LogP contribution < -0.4 is 0 Å². The Kier molecular flexibility index (Phi) is 5.73. The monoisotopic (exact) mass is 476 g/mol. The second-order valence-corrected chi connectivity index (χ2v) is 9.13. The largest absolute Gasteiger partial charge is 0.360 e. The highest BCUT2D eigenvalue weighted by Crippen LogP contribution is 2.40. The van der Waals surface area contributed by atoms with Crippen molar-refractivity contribution >= 4 is 29.1 Å². The van der Waals surface area contributed by atoms with Crippen LogP contribution in [0.3, 0.4) is 0 Å². The van der Waals surface area contributed by atoms with Crippen LogP contribution in [-0.2, 0) is 6.42 Å². The van der Waals surface area contributed by atoms with E-state index >= 15 is 0 Å². The van der Waals surface area contributed by atoms with Crippen LogP contribution >= 0.6 is 23.2 Å². The van der Waals surface area contributed by atoms with Crippen molar-refractivity contribution in [2.24, 2.45) is 0 Å². The Labute approximate surface area is 202 Å². The molecule has 1 aliphatic heterocycles. The van der Waals surface area contributed by atoms with Crippen LogP contribution in [0.5, 0.6) is 0 Å². The van der Waals surface area contributed by atoms with Gasteiger partial charge in [0.25, 0.3) is 5.91 Å². The van der Waals surface area contributed by atoms with Crippen molar-refractivity contribution < 1.29 is 9.32 Å². The summed E-state index contributed by atoms with van der Waals surface area (Å²) in [4.78, 5) is 16.0. The van der Waals surface area contributed by atoms with Gasteiger partial charge >= 0.3 is 0 Å². The summed E-state index contributed by atoms with van der Waals surface area (Å²) in [6.07, 6.45) is 0.775. The zero-order chi connectivity index (χ0) is 23.1. The molecule has 0 bridgehead atoms. The smallest absolute Gasteiger partial charge is 0.260 e. The second-order valence-electron chi connectivity index (χ2n) is 8.32. The highest BCUT2D eigenvalue weighted by atomic mass is 35.5. The minimum Gasteiger partial charge on any atom is -0.360 e. The molecule has 3 aromatic carbocycles. The summed E-state index contributed by atoms with van der Waals surface area (Å²) < 4.78 is 5.48. The Morgan fingerprint density at radius 1 is 0.970 bits per heavy atom. The maximum atomic E-state index is 14.1. The number of benzene rings is 3. The molecule has 0 unspecified atom stereocenters. The first-order valence-electron chi connectivity index (χ1n) is 10.8. The highest BCUT2D eigenvalue weighted by molar-refractivity contribution is 6.39. The van der Waals surface area contributed by atoms with E-state index in [9.17, 15) is 4.79 Å². The predicted molar refractivity (Wildman–Crippen MR) is 131 cm³/mol. The molecule has 33 heavy (non-hydrogen) atoms. The molecule has 0 fully saturated rings. The van der Waals surface area contributed by atoms with E-state index in [-0.39, 0.29) is 11.9 Å². The lowest BCUT2D eigenvalue weighted by molar-refractivity contribution is 0.0693. The number of amides is 1. The van der Waals surface area contributed by atoms with Gasteiger partial charge < -0.3 is 9.42 Å². The SMILES string of the molecule is Cc1ccc([C@H]2c3ccccc3CCN2C(=O)c2c(-c3c(Cl)cccc3Cl)noc2C)cc1. The lowest BCUT2D eigenvalue weighted by Gasteiger charge is -2.38. The van der Waals surface area contributed by atoms with Crippen molar-refractivity contribution in [2.45, 2.75) is 26.3 Å². The molecule has 6 heteroatoms. The Morgan fingerprint density at radius 3 is 2.39 bits per heavy atom. The van der Waals surface area contributed by atoms with Crippen LogP contribution in [0.1, 0.15) is 44.4 Å². The van der Waals surface area contributed by atoms with E-state index in [1.165, 1.54) is 11.1 Å². The molecule has 1 aliphatic rings. The Balaban J connectivity index is 1.64. The summed E-state index contributed by atoms with van der Waals surface area (Å²) in [7, 11) is 0. The van der Waals surface area contributed by atoms with Crippen molar-refractivity contribution in [2.75, 3.05) is 6.54 Å². The quantitative estimate of drug-likeness (QED) is 0.318. The number of aromatic nitrogens is 1. The number of aryl methyl sites for hydroxylation is 2. The Bertz CT molecular complexity index is 1320. The number of halogens is 2. The molecule has 1 atom stereocenters. The normalized spacial score (nSPS) is 15.4. The van der Waals surface area contributed by atoms with Gasteiger partial charge in [-0.15, -0.1) is 0 Å². The molecule has 0 saturated heterocycles. The van der Waals surface area contributed by atoms with Gasteiger partial charge in [0.05, 0.1) is 16.1 Å². The summed E-state index contributed by atoms with van der Waals surface area (Å²) in [5, 5.41) is 5.03. The van der Waals surface area contributed by atoms with Gasteiger partial charge in [0.2, 0.25) is 0 Å². The second kappa shape index (κ2) is 8.69. The fraction of sp³-hybridized carbons (Fsp3) is 0.185. The van der Waals surface area contributed by atoms with Gasteiger partial charge in [0, 0.05) is 12.1 Å². The number of rotatable bonds is 3. The third kappa shape index (κ3) is 3.84. The standard InChI is InChI=1S/C27H22Cl2N2O2/c1-16-10-12-19(13-11-16)26-20-7-4-3-6-18(20)14-15-31(26)27(32)23-17(2)33-30-25(23)24-21(28)8-5-9-22(24)29/h3-13,26H,14-15H2,1-2H3/t26-/m0/s1. The van der Waals surface area contributed by atoms with Crippen LogP contribution in [0.4, 0.5) is 0 Å². The number of fused-ring (bicyclic) bond motifs is 1. The zero-order valence-electron chi connectivity index (χ0n) is 18.3. The summed E-state index contributed by atoms with van der Waals surface area (Å²) in [6, 6.07) is 21.7. The molecule has 4 nitrogen and oxygen atoms in total. The third-order valence-corrected chi connectivity index (χ3v) is 6.84. The first-order chi connectivity index (χ1) is 16.0. The predicted octanol–water partition coefficient (Wildman–Crippen LogP) is 7.05. The van der Waals surface area contributed by atoms with Crippen LogP contribution in [0.25, 0.3) is 11.3 Å². The molecular weight excluding hydrogens is 455 g/mol. The molecule has 0 spiro atoms. The highest BCUT2D eigenvalue weighted by Gasteiger charge is 2.36. The molecule has 4 aromatic rings. The lowest BCUT2D eigenvalue weighted by Crippen LogP contribution is -2.41. The number of carbonyl (C=O) groups excluding carboxylic acids is 1. The van der Waals surface area contributed by atoms with Crippen LogP contribution in [0.2, 0.25) is 10.0 Å². The number of hydrogen-bond donors (Lipinski definition) is 0. The van der Waals surface area contributed by atoms with E-state index in [0.717, 1.165) is 17.5 Å². The number of nitrogens with zero attached hydrogens (tertiary/aromatic N) is 2. The summed E-state index contributed by atoms with van der Waals surface area (Å²) in [5.41, 5.74) is 5.89. The number of hydrogen-bond acceptors (Lipinski definition) is 3. The van der Waals surface area contributed by atoms with Gasteiger partial charge in [0.1, 0.15) is 17.0 Å². The Hall–Kier alpha value is -3.08. The first kappa shape index (κ1) is 21.7. The van der Waals surface area contributed by atoms with Crippen molar-refractivity contribution in [3.05, 3.63) is 110 Å². The van der Waals surface area contributed by atoms with Crippen molar-refractivity contribution in [3.8, 4) is 11.3 Å². The Morgan fingerprint density at radius 2 is 1.67 bits per heavy atom. The van der Waals surface area contributed by atoms with Crippen LogP contribution in [-0.4, -0.2) is 22.5 Å². The molecule has 5 rings (SSSR count). The van der Waals surface area contributed by atoms with E-state index in [2.05, 4.69) is 48.5 Å². The molecule has 0 saturated carbocycles. The molecule has 1 amide bonds.